The molecule has 1 aromatic heterocycles. The molecular formula is C20H26FN5O. The zero-order valence-electron chi connectivity index (χ0n) is 15.8. The molecule has 1 aliphatic rings. The van der Waals surface area contributed by atoms with Crippen molar-refractivity contribution >= 4 is 23.4 Å². The summed E-state index contributed by atoms with van der Waals surface area (Å²) in [6, 6.07) is 8.30. The Hall–Kier alpha value is -2.70. The van der Waals surface area contributed by atoms with Gasteiger partial charge in [0.05, 0.1) is 0 Å². The summed E-state index contributed by atoms with van der Waals surface area (Å²) in [5, 5.41) is 6.17. The molecule has 144 valence electrons. The highest BCUT2D eigenvalue weighted by Crippen LogP contribution is 2.22. The van der Waals surface area contributed by atoms with Crippen LogP contribution in [0.15, 0.2) is 30.3 Å². The van der Waals surface area contributed by atoms with Crippen molar-refractivity contribution in [1.82, 2.24) is 15.3 Å². The van der Waals surface area contributed by atoms with E-state index in [1.807, 2.05) is 6.07 Å². The summed E-state index contributed by atoms with van der Waals surface area (Å²) in [5.41, 5.74) is 1.71. The molecule has 0 radical (unpaired) electrons. The molecule has 1 fully saturated rings. The van der Waals surface area contributed by atoms with Crippen LogP contribution in [-0.4, -0.2) is 35.0 Å². The van der Waals surface area contributed by atoms with Crippen LogP contribution >= 0.6 is 0 Å². The van der Waals surface area contributed by atoms with Gasteiger partial charge in [-0.1, -0.05) is 13.3 Å². The Morgan fingerprint density at radius 2 is 2.07 bits per heavy atom. The lowest BCUT2D eigenvalue weighted by atomic mass is 10.1. The number of amides is 1. The monoisotopic (exact) mass is 371 g/mol. The SMILES string of the molecule is CCCc1cc(N2CCCC(NC(C)=O)C2)nc(Nc2ccc(F)cc2)n1. The molecule has 1 atom stereocenters. The number of nitrogens with one attached hydrogen (secondary N) is 2. The summed E-state index contributed by atoms with van der Waals surface area (Å²) in [7, 11) is 0. The van der Waals surface area contributed by atoms with E-state index in [-0.39, 0.29) is 17.8 Å². The Kier molecular flexibility index (Phi) is 6.21. The van der Waals surface area contributed by atoms with Gasteiger partial charge in [-0.15, -0.1) is 0 Å². The topological polar surface area (TPSA) is 70.2 Å². The van der Waals surface area contributed by atoms with Crippen LogP contribution in [0.1, 0.15) is 38.8 Å². The molecule has 0 aliphatic carbocycles. The maximum atomic E-state index is 13.1. The van der Waals surface area contributed by atoms with Crippen molar-refractivity contribution in [3.05, 3.63) is 41.8 Å². The number of carbonyl (C=O) groups is 1. The summed E-state index contributed by atoms with van der Waals surface area (Å²) >= 11 is 0. The van der Waals surface area contributed by atoms with Gasteiger partial charge in [-0.3, -0.25) is 4.79 Å². The van der Waals surface area contributed by atoms with E-state index in [4.69, 9.17) is 0 Å². The molecular weight excluding hydrogens is 345 g/mol. The Bertz CT molecular complexity index is 780. The minimum absolute atomic E-state index is 0.00475. The first-order valence-electron chi connectivity index (χ1n) is 9.46. The standard InChI is InChI=1S/C20H26FN5O/c1-3-5-17-12-19(26-11-4-6-18(13-26)22-14(2)27)25-20(24-17)23-16-9-7-15(21)8-10-16/h7-10,12,18H,3-6,11,13H2,1-2H3,(H,22,27)(H,23,24,25). The highest BCUT2D eigenvalue weighted by Gasteiger charge is 2.22. The number of rotatable bonds is 6. The van der Waals surface area contributed by atoms with Gasteiger partial charge in [-0.25, -0.2) is 9.37 Å². The molecule has 6 nitrogen and oxygen atoms in total. The van der Waals surface area contributed by atoms with Crippen LogP contribution in [0.5, 0.6) is 0 Å². The normalized spacial score (nSPS) is 16.9. The molecule has 1 saturated heterocycles. The quantitative estimate of drug-likeness (QED) is 0.814. The van der Waals surface area contributed by atoms with Gasteiger partial charge in [-0.05, 0) is 43.5 Å². The molecule has 0 saturated carbocycles. The van der Waals surface area contributed by atoms with E-state index in [1.165, 1.54) is 12.1 Å². The van der Waals surface area contributed by atoms with E-state index in [0.29, 0.717) is 5.95 Å². The van der Waals surface area contributed by atoms with E-state index < -0.39 is 0 Å². The zero-order chi connectivity index (χ0) is 19.2. The number of aromatic nitrogens is 2. The van der Waals surface area contributed by atoms with Crippen LogP contribution in [-0.2, 0) is 11.2 Å². The van der Waals surface area contributed by atoms with Crippen molar-refractivity contribution in [1.29, 1.82) is 0 Å². The second-order valence-electron chi connectivity index (χ2n) is 6.91. The molecule has 27 heavy (non-hydrogen) atoms. The van der Waals surface area contributed by atoms with Gasteiger partial charge in [0, 0.05) is 43.5 Å². The first-order valence-corrected chi connectivity index (χ1v) is 9.46. The average molecular weight is 371 g/mol. The summed E-state index contributed by atoms with van der Waals surface area (Å²) in [5.74, 6) is 1.08. The van der Waals surface area contributed by atoms with E-state index in [0.717, 1.165) is 56.0 Å². The first-order chi connectivity index (χ1) is 13.0. The smallest absolute Gasteiger partial charge is 0.229 e. The van der Waals surface area contributed by atoms with Gasteiger partial charge >= 0.3 is 0 Å². The molecule has 1 amide bonds. The van der Waals surface area contributed by atoms with Crippen molar-refractivity contribution in [3.63, 3.8) is 0 Å². The van der Waals surface area contributed by atoms with Crippen LogP contribution in [0.2, 0.25) is 0 Å². The highest BCUT2D eigenvalue weighted by molar-refractivity contribution is 5.73. The van der Waals surface area contributed by atoms with E-state index in [2.05, 4.69) is 32.4 Å². The lowest BCUT2D eigenvalue weighted by molar-refractivity contribution is -0.119. The molecule has 2 aromatic rings. The van der Waals surface area contributed by atoms with Gasteiger partial charge in [0.25, 0.3) is 0 Å². The number of hydrogen-bond donors (Lipinski definition) is 2. The summed E-state index contributed by atoms with van der Waals surface area (Å²) in [6.45, 7) is 5.29. The number of nitrogens with zero attached hydrogens (tertiary/aromatic N) is 3. The van der Waals surface area contributed by atoms with Crippen molar-refractivity contribution in [2.24, 2.45) is 0 Å². The molecule has 3 rings (SSSR count). The Labute approximate surface area is 159 Å². The van der Waals surface area contributed by atoms with Crippen LogP contribution in [0.4, 0.5) is 21.8 Å². The molecule has 7 heteroatoms. The molecule has 1 unspecified atom stereocenters. The third-order valence-corrected chi connectivity index (χ3v) is 4.52. The summed E-state index contributed by atoms with van der Waals surface area (Å²) in [6.07, 6.45) is 3.82. The van der Waals surface area contributed by atoms with Gasteiger partial charge in [0.1, 0.15) is 11.6 Å². The second kappa shape index (κ2) is 8.79. The zero-order valence-corrected chi connectivity index (χ0v) is 15.8. The molecule has 0 bridgehead atoms. The Morgan fingerprint density at radius 1 is 1.30 bits per heavy atom. The Morgan fingerprint density at radius 3 is 2.78 bits per heavy atom. The van der Waals surface area contributed by atoms with Crippen LogP contribution in [0.25, 0.3) is 0 Å². The lowest BCUT2D eigenvalue weighted by Crippen LogP contribution is -2.47. The van der Waals surface area contributed by atoms with Gasteiger partial charge in [0.15, 0.2) is 0 Å². The maximum Gasteiger partial charge on any atom is 0.229 e. The number of piperidine rings is 1. The third kappa shape index (κ3) is 5.39. The van der Waals surface area contributed by atoms with Crippen molar-refractivity contribution in [2.75, 3.05) is 23.3 Å². The summed E-state index contributed by atoms with van der Waals surface area (Å²) < 4.78 is 13.1. The number of hydrogen-bond acceptors (Lipinski definition) is 5. The maximum absolute atomic E-state index is 13.1. The fourth-order valence-corrected chi connectivity index (χ4v) is 3.34. The predicted octanol–water partition coefficient (Wildman–Crippen LogP) is 3.42. The van der Waals surface area contributed by atoms with Crippen LogP contribution < -0.4 is 15.5 Å². The number of anilines is 3. The molecule has 1 aromatic carbocycles. The van der Waals surface area contributed by atoms with Crippen LogP contribution in [0.3, 0.4) is 0 Å². The number of carbonyl (C=O) groups excluding carboxylic acids is 1. The molecule has 0 spiro atoms. The number of benzene rings is 1. The van der Waals surface area contributed by atoms with E-state index in [1.54, 1.807) is 19.1 Å². The average Bonchev–Trinajstić information content (AvgIpc) is 2.63. The fourth-order valence-electron chi connectivity index (χ4n) is 3.34. The lowest BCUT2D eigenvalue weighted by Gasteiger charge is -2.34. The molecule has 1 aliphatic heterocycles. The van der Waals surface area contributed by atoms with Crippen molar-refractivity contribution in [3.8, 4) is 0 Å². The fraction of sp³-hybridized carbons (Fsp3) is 0.450. The van der Waals surface area contributed by atoms with Gasteiger partial charge in [0.2, 0.25) is 11.9 Å². The largest absolute Gasteiger partial charge is 0.354 e. The minimum atomic E-state index is -0.278. The van der Waals surface area contributed by atoms with Gasteiger partial charge < -0.3 is 15.5 Å². The van der Waals surface area contributed by atoms with E-state index >= 15 is 0 Å². The molecule has 2 N–H and O–H groups in total. The van der Waals surface area contributed by atoms with Crippen molar-refractivity contribution in [2.45, 2.75) is 45.6 Å². The van der Waals surface area contributed by atoms with Gasteiger partial charge in [-0.2, -0.15) is 4.98 Å². The van der Waals surface area contributed by atoms with Crippen LogP contribution in [0, 0.1) is 5.82 Å². The van der Waals surface area contributed by atoms with E-state index in [9.17, 15) is 9.18 Å². The minimum Gasteiger partial charge on any atom is -0.354 e. The predicted molar refractivity (Wildman–Crippen MR) is 105 cm³/mol. The molecule has 2 heterocycles. The first kappa shape index (κ1) is 19.1. The number of halogens is 1. The van der Waals surface area contributed by atoms with Crippen molar-refractivity contribution < 1.29 is 9.18 Å². The Balaban J connectivity index is 1.82. The number of aryl methyl sites for hydroxylation is 1. The summed E-state index contributed by atoms with van der Waals surface area (Å²) in [4.78, 5) is 22.8. The third-order valence-electron chi connectivity index (χ3n) is 4.52. The highest BCUT2D eigenvalue weighted by atomic mass is 19.1. The second-order valence-corrected chi connectivity index (χ2v) is 6.91.